The van der Waals surface area contributed by atoms with Gasteiger partial charge in [-0.1, -0.05) is 13.8 Å². The predicted octanol–water partition coefficient (Wildman–Crippen LogP) is 1.55. The van der Waals surface area contributed by atoms with Crippen LogP contribution in [0.1, 0.15) is 19.5 Å². The van der Waals surface area contributed by atoms with Crippen LogP contribution in [0.25, 0.3) is 11.0 Å². The van der Waals surface area contributed by atoms with Gasteiger partial charge in [0.15, 0.2) is 0 Å². The van der Waals surface area contributed by atoms with Crippen LogP contribution >= 0.6 is 0 Å². The third-order valence-corrected chi connectivity index (χ3v) is 1.90. The zero-order valence-corrected chi connectivity index (χ0v) is 7.78. The van der Waals surface area contributed by atoms with Crippen molar-refractivity contribution in [3.63, 3.8) is 0 Å². The summed E-state index contributed by atoms with van der Waals surface area (Å²) in [4.78, 5) is 8.10. The van der Waals surface area contributed by atoms with Crippen LogP contribution in [0.15, 0.2) is 12.5 Å². The number of nitrogens with one attached hydrogen (secondary N) is 1. The molecule has 0 aliphatic carbocycles. The molecule has 0 aliphatic heterocycles. The number of hydrogen-bond donors (Lipinski definition) is 1. The molecule has 0 radical (unpaired) electrons. The number of fused-ring (bicyclic) bond motifs is 1. The lowest BCUT2D eigenvalue weighted by molar-refractivity contribution is 0.635. The summed E-state index contributed by atoms with van der Waals surface area (Å²) >= 11 is 0. The van der Waals surface area contributed by atoms with Crippen molar-refractivity contribution in [2.45, 2.75) is 20.3 Å². The van der Waals surface area contributed by atoms with E-state index in [9.17, 15) is 0 Å². The molecule has 2 aromatic rings. The first-order valence-electron chi connectivity index (χ1n) is 4.40. The van der Waals surface area contributed by atoms with E-state index in [-0.39, 0.29) is 0 Å². The minimum Gasteiger partial charge on any atom is -0.280 e. The molecule has 0 aliphatic rings. The second-order valence-corrected chi connectivity index (χ2v) is 3.56. The fourth-order valence-corrected chi connectivity index (χ4v) is 1.37. The van der Waals surface area contributed by atoms with E-state index in [1.54, 1.807) is 12.5 Å². The summed E-state index contributed by atoms with van der Waals surface area (Å²) < 4.78 is 0. The smallest absolute Gasteiger partial charge is 0.129 e. The highest BCUT2D eigenvalue weighted by Gasteiger charge is 2.07. The molecule has 2 aromatic heterocycles. The minimum absolute atomic E-state index is 0.610. The Hall–Kier alpha value is -1.45. The summed E-state index contributed by atoms with van der Waals surface area (Å²) in [5.41, 5.74) is 2.90. The van der Waals surface area contributed by atoms with Gasteiger partial charge < -0.3 is 0 Å². The molecule has 0 saturated heterocycles. The van der Waals surface area contributed by atoms with Crippen LogP contribution in [0.5, 0.6) is 0 Å². The molecule has 1 N–H and O–H groups in total. The van der Waals surface area contributed by atoms with Crippen LogP contribution in [0.2, 0.25) is 0 Å². The van der Waals surface area contributed by atoms with Crippen molar-refractivity contribution in [2.75, 3.05) is 0 Å². The number of H-pyrrole nitrogens is 1. The summed E-state index contributed by atoms with van der Waals surface area (Å²) in [6.45, 7) is 4.35. The first-order valence-corrected chi connectivity index (χ1v) is 4.40. The SMILES string of the molecule is CC(C)Cc1[nH]nc2cncnc12. The Morgan fingerprint density at radius 1 is 1.46 bits per heavy atom. The van der Waals surface area contributed by atoms with Gasteiger partial charge in [0, 0.05) is 0 Å². The van der Waals surface area contributed by atoms with Crippen molar-refractivity contribution in [2.24, 2.45) is 5.92 Å². The van der Waals surface area contributed by atoms with Gasteiger partial charge in [0.2, 0.25) is 0 Å². The highest BCUT2D eigenvalue weighted by molar-refractivity contribution is 5.75. The van der Waals surface area contributed by atoms with Gasteiger partial charge in [0.05, 0.1) is 11.9 Å². The molecule has 0 amide bonds. The van der Waals surface area contributed by atoms with Crippen LogP contribution in [-0.2, 0) is 6.42 Å². The fraction of sp³-hybridized carbons (Fsp3) is 0.444. The molecular weight excluding hydrogens is 164 g/mol. The second kappa shape index (κ2) is 3.12. The van der Waals surface area contributed by atoms with Gasteiger partial charge in [-0.2, -0.15) is 5.10 Å². The lowest BCUT2D eigenvalue weighted by Gasteiger charge is -2.00. The molecule has 2 rings (SSSR count). The van der Waals surface area contributed by atoms with Crippen LogP contribution < -0.4 is 0 Å². The van der Waals surface area contributed by atoms with Crippen LogP contribution in [-0.4, -0.2) is 20.2 Å². The van der Waals surface area contributed by atoms with E-state index in [1.165, 1.54) is 0 Å². The van der Waals surface area contributed by atoms with E-state index < -0.39 is 0 Å². The topological polar surface area (TPSA) is 54.5 Å². The van der Waals surface area contributed by atoms with Crippen molar-refractivity contribution in [1.82, 2.24) is 20.2 Å². The molecule has 0 spiro atoms. The third kappa shape index (κ3) is 1.52. The lowest BCUT2D eigenvalue weighted by Crippen LogP contribution is -1.95. The summed E-state index contributed by atoms with van der Waals surface area (Å²) in [5.74, 6) is 0.610. The van der Waals surface area contributed by atoms with E-state index in [2.05, 4.69) is 34.0 Å². The summed E-state index contributed by atoms with van der Waals surface area (Å²) in [6.07, 6.45) is 4.26. The average Bonchev–Trinajstić information content (AvgIpc) is 2.48. The molecule has 4 heteroatoms. The van der Waals surface area contributed by atoms with E-state index in [4.69, 9.17) is 0 Å². The van der Waals surface area contributed by atoms with Crippen LogP contribution in [0, 0.1) is 5.92 Å². The average molecular weight is 176 g/mol. The summed E-state index contributed by atoms with van der Waals surface area (Å²) in [6, 6.07) is 0. The molecular formula is C9H12N4. The fourth-order valence-electron chi connectivity index (χ4n) is 1.37. The molecule has 0 atom stereocenters. The van der Waals surface area contributed by atoms with Crippen molar-refractivity contribution < 1.29 is 0 Å². The maximum Gasteiger partial charge on any atom is 0.129 e. The van der Waals surface area contributed by atoms with Crippen molar-refractivity contribution in [1.29, 1.82) is 0 Å². The van der Waals surface area contributed by atoms with Crippen molar-refractivity contribution in [3.05, 3.63) is 18.2 Å². The number of rotatable bonds is 2. The molecule has 13 heavy (non-hydrogen) atoms. The van der Waals surface area contributed by atoms with Gasteiger partial charge in [-0.3, -0.25) is 5.10 Å². The standard InChI is InChI=1S/C9H12N4/c1-6(2)3-7-9-8(13-12-7)4-10-5-11-9/h4-6H,3H2,1-2H3,(H,12,13). The van der Waals surface area contributed by atoms with E-state index in [0.29, 0.717) is 5.92 Å². The molecule has 0 unspecified atom stereocenters. The van der Waals surface area contributed by atoms with Gasteiger partial charge in [-0.15, -0.1) is 0 Å². The monoisotopic (exact) mass is 176 g/mol. The molecule has 0 aromatic carbocycles. The first-order chi connectivity index (χ1) is 6.27. The third-order valence-electron chi connectivity index (χ3n) is 1.90. The minimum atomic E-state index is 0.610. The maximum atomic E-state index is 4.19. The predicted molar refractivity (Wildman–Crippen MR) is 50.2 cm³/mol. The first kappa shape index (κ1) is 8.16. The Labute approximate surface area is 76.4 Å². The number of hydrogen-bond acceptors (Lipinski definition) is 3. The van der Waals surface area contributed by atoms with Gasteiger partial charge in [-0.25, -0.2) is 9.97 Å². The maximum absolute atomic E-state index is 4.19. The Kier molecular flexibility index (Phi) is 1.96. The van der Waals surface area contributed by atoms with Gasteiger partial charge in [0.1, 0.15) is 17.4 Å². The van der Waals surface area contributed by atoms with Gasteiger partial charge in [0.25, 0.3) is 0 Å². The number of aromatic nitrogens is 4. The molecule has 0 saturated carbocycles. The molecule has 0 fully saturated rings. The van der Waals surface area contributed by atoms with E-state index in [1.807, 2.05) is 0 Å². The van der Waals surface area contributed by atoms with Gasteiger partial charge in [-0.05, 0) is 12.3 Å². The Morgan fingerprint density at radius 3 is 3.08 bits per heavy atom. The quantitative estimate of drug-likeness (QED) is 0.755. The van der Waals surface area contributed by atoms with Crippen molar-refractivity contribution in [3.8, 4) is 0 Å². The van der Waals surface area contributed by atoms with Crippen LogP contribution in [0.3, 0.4) is 0 Å². The largest absolute Gasteiger partial charge is 0.280 e. The second-order valence-electron chi connectivity index (χ2n) is 3.56. The van der Waals surface area contributed by atoms with E-state index in [0.717, 1.165) is 23.1 Å². The molecule has 0 bridgehead atoms. The highest BCUT2D eigenvalue weighted by atomic mass is 15.1. The van der Waals surface area contributed by atoms with E-state index >= 15 is 0 Å². The zero-order chi connectivity index (χ0) is 9.26. The number of nitrogens with zero attached hydrogens (tertiary/aromatic N) is 3. The molecule has 2 heterocycles. The van der Waals surface area contributed by atoms with Crippen LogP contribution in [0.4, 0.5) is 0 Å². The Balaban J connectivity index is 2.46. The zero-order valence-electron chi connectivity index (χ0n) is 7.78. The molecule has 4 nitrogen and oxygen atoms in total. The summed E-state index contributed by atoms with van der Waals surface area (Å²) in [7, 11) is 0. The van der Waals surface area contributed by atoms with Gasteiger partial charge >= 0.3 is 0 Å². The lowest BCUT2D eigenvalue weighted by atomic mass is 10.1. The molecule has 68 valence electrons. The Bertz CT molecular complexity index is 405. The summed E-state index contributed by atoms with van der Waals surface area (Å²) in [5, 5.41) is 7.11. The Morgan fingerprint density at radius 2 is 2.31 bits per heavy atom. The van der Waals surface area contributed by atoms with Crippen molar-refractivity contribution >= 4 is 11.0 Å². The number of aromatic amines is 1. The highest BCUT2D eigenvalue weighted by Crippen LogP contribution is 2.14. The normalized spacial score (nSPS) is 11.3.